The van der Waals surface area contributed by atoms with E-state index in [0.29, 0.717) is 3.57 Å². The van der Waals surface area contributed by atoms with Gasteiger partial charge in [-0.2, -0.15) is 12.6 Å². The van der Waals surface area contributed by atoms with Gasteiger partial charge in [0.2, 0.25) is 11.8 Å². The zero-order chi connectivity index (χ0) is 25.1. The molecule has 1 aromatic rings. The lowest BCUT2D eigenvalue weighted by atomic mass is 10.1. The van der Waals surface area contributed by atoms with Crippen molar-refractivity contribution in [3.8, 4) is 0 Å². The Bertz CT molecular complexity index is 945. The standard InChI is InChI=1S/C17H20IN5O9S/c18-9-2-1-8(5-12(9)23(31)32)15(27)22-21-10(17(29)30)3-4-13(24)20-11(7-33)16(28)19-6-14(25)26/h1-2,5,10-11,21,33H,3-4,6-7H2,(H,19,28)(H,20,24)(H,22,27)(H,25,26)(H,29,30)/t10-,11-/m0/s1. The maximum Gasteiger partial charge on any atom is 0.322 e. The van der Waals surface area contributed by atoms with E-state index in [0.717, 1.165) is 6.07 Å². The molecule has 14 nitrogen and oxygen atoms in total. The highest BCUT2D eigenvalue weighted by Crippen LogP contribution is 2.21. The Kier molecular flexibility index (Phi) is 11.5. The molecular weight excluding hydrogens is 577 g/mol. The number of aliphatic carboxylic acids is 2. The average Bonchev–Trinajstić information content (AvgIpc) is 2.75. The summed E-state index contributed by atoms with van der Waals surface area (Å²) in [6.07, 6.45) is -0.643. The van der Waals surface area contributed by atoms with Crippen molar-refractivity contribution < 1.29 is 39.1 Å². The molecule has 6 N–H and O–H groups in total. The molecule has 3 amide bonds. The predicted octanol–water partition coefficient (Wildman–Crippen LogP) is -0.717. The maximum atomic E-state index is 12.2. The molecule has 0 heterocycles. The average molecular weight is 597 g/mol. The second-order valence-electron chi connectivity index (χ2n) is 6.37. The summed E-state index contributed by atoms with van der Waals surface area (Å²) in [5, 5.41) is 33.2. The van der Waals surface area contributed by atoms with Crippen molar-refractivity contribution in [2.75, 3.05) is 12.3 Å². The van der Waals surface area contributed by atoms with Crippen LogP contribution in [0.15, 0.2) is 18.2 Å². The first-order chi connectivity index (χ1) is 15.5. The fourth-order valence-electron chi connectivity index (χ4n) is 2.30. The van der Waals surface area contributed by atoms with Gasteiger partial charge in [0, 0.05) is 23.8 Å². The molecule has 0 aliphatic heterocycles. The number of nitrogens with one attached hydrogen (secondary N) is 4. The zero-order valence-electron chi connectivity index (χ0n) is 16.7. The minimum atomic E-state index is -1.39. The summed E-state index contributed by atoms with van der Waals surface area (Å²) in [6.45, 7) is -0.645. The van der Waals surface area contributed by atoms with Crippen LogP contribution in [-0.2, 0) is 19.2 Å². The monoisotopic (exact) mass is 597 g/mol. The second-order valence-corrected chi connectivity index (χ2v) is 7.89. The molecule has 33 heavy (non-hydrogen) atoms. The van der Waals surface area contributed by atoms with Crippen LogP contribution in [0.25, 0.3) is 0 Å². The molecule has 0 saturated heterocycles. The van der Waals surface area contributed by atoms with Gasteiger partial charge < -0.3 is 20.8 Å². The smallest absolute Gasteiger partial charge is 0.322 e. The topological polar surface area (TPSA) is 217 Å². The van der Waals surface area contributed by atoms with Crippen LogP contribution < -0.4 is 21.5 Å². The highest BCUT2D eigenvalue weighted by atomic mass is 127. The van der Waals surface area contributed by atoms with Gasteiger partial charge in [-0.05, 0) is 41.1 Å². The lowest BCUT2D eigenvalue weighted by Crippen LogP contribution is -2.50. The summed E-state index contributed by atoms with van der Waals surface area (Å²) >= 11 is 5.65. The van der Waals surface area contributed by atoms with Gasteiger partial charge >= 0.3 is 11.9 Å². The molecule has 0 aromatic heterocycles. The number of hydrazine groups is 1. The third-order valence-electron chi connectivity index (χ3n) is 3.97. The number of benzene rings is 1. The number of halogens is 1. The van der Waals surface area contributed by atoms with Crippen LogP contribution in [0.4, 0.5) is 5.69 Å². The number of hydrogen-bond donors (Lipinski definition) is 7. The van der Waals surface area contributed by atoms with E-state index in [9.17, 15) is 39.2 Å². The van der Waals surface area contributed by atoms with Gasteiger partial charge in [-0.15, -0.1) is 0 Å². The highest BCUT2D eigenvalue weighted by molar-refractivity contribution is 14.1. The summed E-state index contributed by atoms with van der Waals surface area (Å²) in [6, 6.07) is 1.19. The van der Waals surface area contributed by atoms with Gasteiger partial charge in [-0.3, -0.25) is 39.5 Å². The van der Waals surface area contributed by atoms with Crippen LogP contribution in [0.5, 0.6) is 0 Å². The van der Waals surface area contributed by atoms with Crippen molar-refractivity contribution in [2.45, 2.75) is 24.9 Å². The van der Waals surface area contributed by atoms with Crippen LogP contribution >= 0.6 is 35.2 Å². The third kappa shape index (κ3) is 9.58. The fraction of sp³-hybridized carbons (Fsp3) is 0.353. The molecule has 0 unspecified atom stereocenters. The molecule has 0 fully saturated rings. The molecule has 0 bridgehead atoms. The number of nitro benzene ring substituents is 1. The first kappa shape index (κ1) is 28.0. The first-order valence-electron chi connectivity index (χ1n) is 9.08. The van der Waals surface area contributed by atoms with Gasteiger partial charge in [-0.25, -0.2) is 5.43 Å². The Morgan fingerprint density at radius 3 is 2.36 bits per heavy atom. The molecule has 1 rings (SSSR count). The third-order valence-corrected chi connectivity index (χ3v) is 5.25. The molecule has 0 aliphatic carbocycles. The molecule has 16 heteroatoms. The van der Waals surface area contributed by atoms with E-state index in [1.54, 1.807) is 22.6 Å². The van der Waals surface area contributed by atoms with Crippen molar-refractivity contribution in [1.82, 2.24) is 21.5 Å². The number of thiol groups is 1. The van der Waals surface area contributed by atoms with E-state index in [4.69, 9.17) is 5.11 Å². The number of carboxylic acid groups (broad SMARTS) is 2. The fourth-order valence-corrected chi connectivity index (χ4v) is 3.09. The summed E-state index contributed by atoms with van der Waals surface area (Å²) in [5.41, 5.74) is 4.00. The van der Waals surface area contributed by atoms with Crippen molar-refractivity contribution in [2.24, 2.45) is 0 Å². The molecule has 1 aromatic carbocycles. The zero-order valence-corrected chi connectivity index (χ0v) is 19.8. The van der Waals surface area contributed by atoms with Crippen LogP contribution in [0, 0.1) is 13.7 Å². The van der Waals surface area contributed by atoms with Crippen molar-refractivity contribution in [3.63, 3.8) is 0 Å². The molecule has 180 valence electrons. The van der Waals surface area contributed by atoms with Gasteiger partial charge in [0.1, 0.15) is 18.6 Å². The van der Waals surface area contributed by atoms with Crippen LogP contribution in [-0.4, -0.2) is 69.2 Å². The summed E-state index contributed by atoms with van der Waals surface area (Å²) in [5.74, 6) is -5.09. The van der Waals surface area contributed by atoms with Gasteiger partial charge in [0.15, 0.2) is 0 Å². The SMILES string of the molecule is O=C(O)CNC(=O)[C@H](CS)NC(=O)CC[C@H](NNC(=O)c1ccc(I)c([N+](=O)[O-])c1)C(=O)O. The summed E-state index contributed by atoms with van der Waals surface area (Å²) < 4.78 is 0.313. The van der Waals surface area contributed by atoms with Gasteiger partial charge in [-0.1, -0.05) is 0 Å². The quantitative estimate of drug-likeness (QED) is 0.0656. The van der Waals surface area contributed by atoms with Crippen molar-refractivity contribution in [3.05, 3.63) is 37.4 Å². The van der Waals surface area contributed by atoms with E-state index < -0.39 is 53.2 Å². The van der Waals surface area contributed by atoms with Crippen molar-refractivity contribution >= 4 is 70.6 Å². The van der Waals surface area contributed by atoms with E-state index in [-0.39, 0.29) is 29.8 Å². The Balaban J connectivity index is 2.64. The van der Waals surface area contributed by atoms with Crippen LogP contribution in [0.1, 0.15) is 23.2 Å². The number of carbonyl (C=O) groups is 5. The van der Waals surface area contributed by atoms with E-state index >= 15 is 0 Å². The minimum Gasteiger partial charge on any atom is -0.480 e. The van der Waals surface area contributed by atoms with Gasteiger partial charge in [0.25, 0.3) is 11.6 Å². The molecule has 0 aliphatic rings. The summed E-state index contributed by atoms with van der Waals surface area (Å²) in [7, 11) is 0. The van der Waals surface area contributed by atoms with Crippen LogP contribution in [0.2, 0.25) is 0 Å². The Morgan fingerprint density at radius 1 is 1.15 bits per heavy atom. The number of hydrogen-bond acceptors (Lipinski definition) is 9. The molecule has 0 saturated carbocycles. The normalized spacial score (nSPS) is 12.2. The van der Waals surface area contributed by atoms with Gasteiger partial charge in [0.05, 0.1) is 8.49 Å². The molecular formula is C17H20IN5O9S. The number of rotatable bonds is 13. The molecule has 0 spiro atoms. The maximum absolute atomic E-state index is 12.2. The van der Waals surface area contributed by atoms with E-state index in [1.807, 2.05) is 0 Å². The molecule has 2 atom stereocenters. The Morgan fingerprint density at radius 2 is 1.82 bits per heavy atom. The highest BCUT2D eigenvalue weighted by Gasteiger charge is 2.23. The minimum absolute atomic E-state index is 0.0829. The number of nitrogens with zero attached hydrogens (tertiary/aromatic N) is 1. The predicted molar refractivity (Wildman–Crippen MR) is 124 cm³/mol. The number of carboxylic acids is 2. The Hall–Kier alpha value is -2.99. The first-order valence-corrected chi connectivity index (χ1v) is 10.8. The lowest BCUT2D eigenvalue weighted by Gasteiger charge is -2.18. The Labute approximate surface area is 205 Å². The number of amides is 3. The van der Waals surface area contributed by atoms with E-state index in [1.165, 1.54) is 12.1 Å². The molecule has 0 radical (unpaired) electrons. The summed E-state index contributed by atoms with van der Waals surface area (Å²) in [4.78, 5) is 68.3. The second kappa shape index (κ2) is 13.5. The lowest BCUT2D eigenvalue weighted by molar-refractivity contribution is -0.385. The van der Waals surface area contributed by atoms with E-state index in [2.05, 4.69) is 34.1 Å². The van der Waals surface area contributed by atoms with Crippen molar-refractivity contribution in [1.29, 1.82) is 0 Å². The largest absolute Gasteiger partial charge is 0.480 e. The van der Waals surface area contributed by atoms with Crippen LogP contribution in [0.3, 0.4) is 0 Å². The number of nitro groups is 1. The number of carbonyl (C=O) groups excluding carboxylic acids is 3.